The molecule has 1 fully saturated rings. The lowest BCUT2D eigenvalue weighted by Gasteiger charge is -2.38. The predicted octanol–water partition coefficient (Wildman–Crippen LogP) is 1.68. The summed E-state index contributed by atoms with van der Waals surface area (Å²) in [6.45, 7) is 3.67. The number of nitrogens with one attached hydrogen (secondary N) is 1. The van der Waals surface area contributed by atoms with Crippen LogP contribution in [-0.2, 0) is 19.8 Å². The number of imide groups is 1. The van der Waals surface area contributed by atoms with Gasteiger partial charge in [-0.05, 0) is 18.1 Å². The number of amides is 3. The summed E-state index contributed by atoms with van der Waals surface area (Å²) in [5.74, 6) is -0.769. The second-order valence-corrected chi connectivity index (χ2v) is 6.05. The van der Waals surface area contributed by atoms with E-state index in [4.69, 9.17) is 0 Å². The molecule has 2 heterocycles. The first-order valence-electron chi connectivity index (χ1n) is 7.21. The van der Waals surface area contributed by atoms with Crippen molar-refractivity contribution in [3.8, 4) is 0 Å². The zero-order chi connectivity index (χ0) is 15.2. The number of hydrogen-bond donors (Lipinski definition) is 1. The first-order valence-corrected chi connectivity index (χ1v) is 7.21. The quantitative estimate of drug-likeness (QED) is 0.854. The van der Waals surface area contributed by atoms with Crippen LogP contribution in [0, 0.1) is 5.92 Å². The van der Waals surface area contributed by atoms with Crippen molar-refractivity contribution in [2.75, 3.05) is 11.9 Å². The minimum absolute atomic E-state index is 0.113. The molecular formula is C16H18N2O3. The number of para-hydroxylation sites is 1. The lowest BCUT2D eigenvalue weighted by molar-refractivity contribution is -0.151. The molecule has 0 saturated carbocycles. The molecule has 1 saturated heterocycles. The van der Waals surface area contributed by atoms with Crippen molar-refractivity contribution in [3.05, 3.63) is 29.8 Å². The summed E-state index contributed by atoms with van der Waals surface area (Å²) in [7, 11) is 0. The summed E-state index contributed by atoms with van der Waals surface area (Å²) in [4.78, 5) is 38.1. The highest BCUT2D eigenvalue weighted by Gasteiger charge is 2.52. The van der Waals surface area contributed by atoms with Crippen molar-refractivity contribution >= 4 is 23.4 Å². The van der Waals surface area contributed by atoms with Crippen molar-refractivity contribution in [1.29, 1.82) is 0 Å². The first-order chi connectivity index (χ1) is 9.95. The maximum Gasteiger partial charge on any atom is 0.236 e. The van der Waals surface area contributed by atoms with Gasteiger partial charge in [0.15, 0.2) is 0 Å². The van der Waals surface area contributed by atoms with Crippen LogP contribution in [0.3, 0.4) is 0 Å². The maximum absolute atomic E-state index is 12.5. The van der Waals surface area contributed by atoms with Crippen LogP contribution in [0.15, 0.2) is 24.3 Å². The lowest BCUT2D eigenvalue weighted by Crippen LogP contribution is -2.55. The zero-order valence-electron chi connectivity index (χ0n) is 12.2. The topological polar surface area (TPSA) is 66.5 Å². The molecule has 0 aliphatic carbocycles. The molecule has 3 rings (SSSR count). The molecule has 5 heteroatoms. The van der Waals surface area contributed by atoms with E-state index in [9.17, 15) is 14.4 Å². The van der Waals surface area contributed by atoms with Gasteiger partial charge in [0.05, 0.1) is 5.41 Å². The molecule has 2 aliphatic heterocycles. The molecule has 5 nitrogen and oxygen atoms in total. The fraction of sp³-hybridized carbons (Fsp3) is 0.438. The highest BCUT2D eigenvalue weighted by molar-refractivity contribution is 6.09. The molecule has 1 unspecified atom stereocenters. The normalized spacial score (nSPS) is 24.4. The molecule has 110 valence electrons. The summed E-state index contributed by atoms with van der Waals surface area (Å²) in [6.07, 6.45) is 0.677. The average molecular weight is 286 g/mol. The van der Waals surface area contributed by atoms with Gasteiger partial charge in [-0.2, -0.15) is 0 Å². The molecule has 1 atom stereocenters. The lowest BCUT2D eigenvalue weighted by atomic mass is 9.74. The Bertz CT molecular complexity index is 638. The van der Waals surface area contributed by atoms with Gasteiger partial charge in [0, 0.05) is 24.6 Å². The van der Waals surface area contributed by atoms with Crippen molar-refractivity contribution in [2.45, 2.75) is 32.1 Å². The minimum atomic E-state index is -0.783. The van der Waals surface area contributed by atoms with Gasteiger partial charge in [-0.1, -0.05) is 32.0 Å². The number of anilines is 1. The van der Waals surface area contributed by atoms with Crippen molar-refractivity contribution in [3.63, 3.8) is 0 Å². The number of fused-ring (bicyclic) bond motifs is 2. The summed E-state index contributed by atoms with van der Waals surface area (Å²) in [6, 6.07) is 7.50. The van der Waals surface area contributed by atoms with E-state index in [2.05, 4.69) is 5.32 Å². The Morgan fingerprint density at radius 1 is 1.29 bits per heavy atom. The van der Waals surface area contributed by atoms with E-state index >= 15 is 0 Å². The van der Waals surface area contributed by atoms with Gasteiger partial charge < -0.3 is 5.32 Å². The molecule has 1 N–H and O–H groups in total. The largest absolute Gasteiger partial charge is 0.325 e. The van der Waals surface area contributed by atoms with Crippen LogP contribution in [0.4, 0.5) is 5.69 Å². The van der Waals surface area contributed by atoms with E-state index in [0.717, 1.165) is 11.3 Å². The standard InChI is InChI=1S/C16H18N2O3/c1-10(2)14(20)18-9-16(8-7-13(18)19)11-5-3-4-6-12(11)17-15(16)21/h3-6,10H,7-9H2,1-2H3,(H,17,21). The summed E-state index contributed by atoms with van der Waals surface area (Å²) in [5.41, 5.74) is 0.896. The third-order valence-electron chi connectivity index (χ3n) is 4.38. The molecule has 2 aliphatic rings. The number of carbonyl (C=O) groups is 3. The van der Waals surface area contributed by atoms with Gasteiger partial charge in [0.2, 0.25) is 17.7 Å². The molecule has 3 amide bonds. The second kappa shape index (κ2) is 4.69. The Labute approximate surface area is 123 Å². The highest BCUT2D eigenvalue weighted by atomic mass is 16.2. The molecule has 0 bridgehead atoms. The number of rotatable bonds is 1. The number of carbonyl (C=O) groups excluding carboxylic acids is 3. The molecule has 0 radical (unpaired) electrons. The van der Waals surface area contributed by atoms with Gasteiger partial charge in [-0.25, -0.2) is 0 Å². The van der Waals surface area contributed by atoms with Gasteiger partial charge in [0.1, 0.15) is 0 Å². The number of hydrogen-bond acceptors (Lipinski definition) is 3. The Morgan fingerprint density at radius 2 is 2.00 bits per heavy atom. The average Bonchev–Trinajstić information content (AvgIpc) is 2.73. The molecule has 1 aromatic carbocycles. The smallest absolute Gasteiger partial charge is 0.236 e. The number of piperidine rings is 1. The maximum atomic E-state index is 12.5. The Kier molecular flexibility index (Phi) is 3.08. The third kappa shape index (κ3) is 1.95. The molecule has 1 aromatic rings. The Balaban J connectivity index is 2.01. The van der Waals surface area contributed by atoms with Crippen LogP contribution in [0.1, 0.15) is 32.3 Å². The number of likely N-dealkylation sites (tertiary alicyclic amines) is 1. The minimum Gasteiger partial charge on any atom is -0.325 e. The van der Waals surface area contributed by atoms with Crippen LogP contribution >= 0.6 is 0 Å². The second-order valence-electron chi connectivity index (χ2n) is 6.05. The monoisotopic (exact) mass is 286 g/mol. The van der Waals surface area contributed by atoms with E-state index in [1.54, 1.807) is 13.8 Å². The first kappa shape index (κ1) is 13.8. The van der Waals surface area contributed by atoms with E-state index in [0.29, 0.717) is 6.42 Å². The van der Waals surface area contributed by atoms with E-state index < -0.39 is 5.41 Å². The Hall–Kier alpha value is -2.17. The predicted molar refractivity (Wildman–Crippen MR) is 77.5 cm³/mol. The van der Waals surface area contributed by atoms with E-state index in [1.165, 1.54) is 4.90 Å². The van der Waals surface area contributed by atoms with Crippen LogP contribution in [0.25, 0.3) is 0 Å². The zero-order valence-corrected chi connectivity index (χ0v) is 12.2. The summed E-state index contributed by atoms with van der Waals surface area (Å²) >= 11 is 0. The molecular weight excluding hydrogens is 268 g/mol. The van der Waals surface area contributed by atoms with E-state index in [-0.39, 0.29) is 36.6 Å². The van der Waals surface area contributed by atoms with Gasteiger partial charge in [-0.3, -0.25) is 19.3 Å². The van der Waals surface area contributed by atoms with Gasteiger partial charge >= 0.3 is 0 Å². The fourth-order valence-electron chi connectivity index (χ4n) is 3.18. The summed E-state index contributed by atoms with van der Waals surface area (Å²) in [5, 5.41) is 2.87. The van der Waals surface area contributed by atoms with Crippen LogP contribution < -0.4 is 5.32 Å². The molecule has 21 heavy (non-hydrogen) atoms. The highest BCUT2D eigenvalue weighted by Crippen LogP contribution is 2.44. The van der Waals surface area contributed by atoms with Crippen molar-refractivity contribution in [1.82, 2.24) is 4.90 Å². The van der Waals surface area contributed by atoms with Gasteiger partial charge in [0.25, 0.3) is 0 Å². The summed E-state index contributed by atoms with van der Waals surface area (Å²) < 4.78 is 0. The SMILES string of the molecule is CC(C)C(=O)N1CC2(CCC1=O)C(=O)Nc1ccccc12. The van der Waals surface area contributed by atoms with E-state index in [1.807, 2.05) is 24.3 Å². The molecule has 1 spiro atoms. The molecule has 0 aromatic heterocycles. The van der Waals surface area contributed by atoms with Crippen molar-refractivity contribution in [2.24, 2.45) is 5.92 Å². The van der Waals surface area contributed by atoms with Crippen LogP contribution in [-0.4, -0.2) is 29.2 Å². The fourth-order valence-corrected chi connectivity index (χ4v) is 3.18. The van der Waals surface area contributed by atoms with Gasteiger partial charge in [-0.15, -0.1) is 0 Å². The Morgan fingerprint density at radius 3 is 2.71 bits per heavy atom. The number of benzene rings is 1. The number of nitrogens with zero attached hydrogens (tertiary/aromatic N) is 1. The third-order valence-corrected chi connectivity index (χ3v) is 4.38. The van der Waals surface area contributed by atoms with Crippen molar-refractivity contribution < 1.29 is 14.4 Å². The van der Waals surface area contributed by atoms with Crippen LogP contribution in [0.2, 0.25) is 0 Å². The van der Waals surface area contributed by atoms with Crippen LogP contribution in [0.5, 0.6) is 0 Å².